The lowest BCUT2D eigenvalue weighted by Crippen LogP contribution is -2.31. The van der Waals surface area contributed by atoms with Gasteiger partial charge in [-0.3, -0.25) is 4.79 Å². The number of nitrogens with zero attached hydrogens (tertiary/aromatic N) is 3. The molecule has 0 bridgehead atoms. The molecule has 1 N–H and O–H groups in total. The van der Waals surface area contributed by atoms with E-state index in [2.05, 4.69) is 15.3 Å². The third-order valence-corrected chi connectivity index (χ3v) is 3.36. The Morgan fingerprint density at radius 2 is 2.13 bits per heavy atom. The second-order valence-corrected chi connectivity index (χ2v) is 5.09. The van der Waals surface area contributed by atoms with Gasteiger partial charge in [0, 0.05) is 25.9 Å². The number of anilines is 2. The molecule has 2 rings (SSSR count). The molecule has 1 aromatic heterocycles. The monoisotopic (exact) mass is 314 g/mol. The van der Waals surface area contributed by atoms with Crippen molar-refractivity contribution in [2.24, 2.45) is 0 Å². The smallest absolute Gasteiger partial charge is 0.278 e. The number of hydrogen-bond donors (Lipinski definition) is 1. The van der Waals surface area contributed by atoms with Crippen molar-refractivity contribution < 1.29 is 9.53 Å². The van der Waals surface area contributed by atoms with Crippen LogP contribution >= 0.6 is 0 Å². The maximum Gasteiger partial charge on any atom is 0.278 e. The van der Waals surface area contributed by atoms with Gasteiger partial charge in [0.1, 0.15) is 11.5 Å². The number of amides is 1. The van der Waals surface area contributed by atoms with Gasteiger partial charge in [-0.25, -0.2) is 9.97 Å². The number of ether oxygens (including phenoxy) is 1. The van der Waals surface area contributed by atoms with Gasteiger partial charge in [0.2, 0.25) is 0 Å². The number of nitrogens with one attached hydrogen (secondary N) is 1. The van der Waals surface area contributed by atoms with E-state index in [1.807, 2.05) is 38.1 Å². The highest BCUT2D eigenvalue weighted by molar-refractivity contribution is 6.04. The molecule has 0 saturated carbocycles. The van der Waals surface area contributed by atoms with E-state index in [0.29, 0.717) is 31.2 Å². The van der Waals surface area contributed by atoms with Gasteiger partial charge in [0.15, 0.2) is 0 Å². The molecule has 6 nitrogen and oxygen atoms in total. The third-order valence-electron chi connectivity index (χ3n) is 3.36. The van der Waals surface area contributed by atoms with Gasteiger partial charge < -0.3 is 15.0 Å². The van der Waals surface area contributed by atoms with E-state index in [4.69, 9.17) is 4.74 Å². The van der Waals surface area contributed by atoms with Crippen LogP contribution in [0.15, 0.2) is 36.7 Å². The second kappa shape index (κ2) is 8.24. The van der Waals surface area contributed by atoms with Gasteiger partial charge in [-0.1, -0.05) is 12.1 Å². The fraction of sp³-hybridized carbons (Fsp3) is 0.353. The first-order valence-electron chi connectivity index (χ1n) is 7.59. The van der Waals surface area contributed by atoms with Crippen LogP contribution in [-0.4, -0.2) is 42.7 Å². The molecule has 0 spiro atoms. The number of aryl methyl sites for hydroxylation is 1. The lowest BCUT2D eigenvalue weighted by atomic mass is 10.2. The molecule has 0 aliphatic carbocycles. The molecule has 0 aliphatic rings. The zero-order valence-corrected chi connectivity index (χ0v) is 13.7. The molecule has 0 fully saturated rings. The van der Waals surface area contributed by atoms with Crippen molar-refractivity contribution in [2.75, 3.05) is 37.0 Å². The summed E-state index contributed by atoms with van der Waals surface area (Å²) in [5.41, 5.74) is 2.30. The van der Waals surface area contributed by atoms with Crippen LogP contribution < -0.4 is 10.2 Å². The fourth-order valence-electron chi connectivity index (χ4n) is 2.19. The molecule has 0 radical (unpaired) electrons. The zero-order valence-electron chi connectivity index (χ0n) is 13.7. The third kappa shape index (κ3) is 4.50. The van der Waals surface area contributed by atoms with Crippen molar-refractivity contribution >= 4 is 17.4 Å². The molecule has 1 heterocycles. The summed E-state index contributed by atoms with van der Waals surface area (Å²) < 4.78 is 4.96. The highest BCUT2D eigenvalue weighted by Gasteiger charge is 2.17. The lowest BCUT2D eigenvalue weighted by molar-refractivity contribution is 0.0983. The van der Waals surface area contributed by atoms with E-state index in [1.165, 1.54) is 6.20 Å². The highest BCUT2D eigenvalue weighted by Crippen LogP contribution is 2.18. The van der Waals surface area contributed by atoms with Crippen molar-refractivity contribution in [2.45, 2.75) is 13.8 Å². The highest BCUT2D eigenvalue weighted by atomic mass is 16.5. The SMILES string of the molecule is CCN(C(=O)c1cnc(NCCOC)cn1)c1cccc(C)c1. The largest absolute Gasteiger partial charge is 0.383 e. The second-order valence-electron chi connectivity index (χ2n) is 5.09. The van der Waals surface area contributed by atoms with Gasteiger partial charge in [0.25, 0.3) is 5.91 Å². The Kier molecular flexibility index (Phi) is 6.05. The molecule has 23 heavy (non-hydrogen) atoms. The van der Waals surface area contributed by atoms with E-state index in [0.717, 1.165) is 11.3 Å². The first-order chi connectivity index (χ1) is 11.2. The molecular weight excluding hydrogens is 292 g/mol. The number of hydrogen-bond acceptors (Lipinski definition) is 5. The molecule has 122 valence electrons. The van der Waals surface area contributed by atoms with Crippen LogP contribution in [0.25, 0.3) is 0 Å². The molecule has 2 aromatic rings. The average Bonchev–Trinajstić information content (AvgIpc) is 2.56. The standard InChI is InChI=1S/C17H22N4O2/c1-4-21(14-7-5-6-13(2)10-14)17(22)15-11-20-16(12-19-15)18-8-9-23-3/h5-7,10-12H,4,8-9H2,1-3H3,(H,18,20). The van der Waals surface area contributed by atoms with Gasteiger partial charge in [-0.2, -0.15) is 0 Å². The fourth-order valence-corrected chi connectivity index (χ4v) is 2.19. The molecule has 6 heteroatoms. The Hall–Kier alpha value is -2.47. The minimum absolute atomic E-state index is 0.158. The van der Waals surface area contributed by atoms with E-state index < -0.39 is 0 Å². The molecule has 1 aromatic carbocycles. The van der Waals surface area contributed by atoms with Crippen LogP contribution in [0.3, 0.4) is 0 Å². The Balaban J connectivity index is 2.11. The summed E-state index contributed by atoms with van der Waals surface area (Å²) in [6.07, 6.45) is 3.06. The van der Waals surface area contributed by atoms with Gasteiger partial charge in [-0.15, -0.1) is 0 Å². The molecular formula is C17H22N4O2. The summed E-state index contributed by atoms with van der Waals surface area (Å²) in [6.45, 7) is 5.73. The van der Waals surface area contributed by atoms with Crippen molar-refractivity contribution in [1.82, 2.24) is 9.97 Å². The van der Waals surface area contributed by atoms with Crippen LogP contribution in [0.4, 0.5) is 11.5 Å². The van der Waals surface area contributed by atoms with Crippen molar-refractivity contribution in [1.29, 1.82) is 0 Å². The maximum absolute atomic E-state index is 12.6. The average molecular weight is 314 g/mol. The first kappa shape index (κ1) is 16.9. The van der Waals surface area contributed by atoms with Gasteiger partial charge in [0.05, 0.1) is 19.0 Å². The predicted molar refractivity (Wildman–Crippen MR) is 90.9 cm³/mol. The van der Waals surface area contributed by atoms with Crippen LogP contribution in [0.2, 0.25) is 0 Å². The number of methoxy groups -OCH3 is 1. The van der Waals surface area contributed by atoms with Crippen molar-refractivity contribution in [3.63, 3.8) is 0 Å². The quantitative estimate of drug-likeness (QED) is 0.795. The van der Waals surface area contributed by atoms with Crippen LogP contribution in [0.5, 0.6) is 0 Å². The summed E-state index contributed by atoms with van der Waals surface area (Å²) in [5, 5.41) is 3.07. The van der Waals surface area contributed by atoms with Gasteiger partial charge in [-0.05, 0) is 31.5 Å². The molecule has 1 amide bonds. The molecule has 0 atom stereocenters. The number of carbonyl (C=O) groups is 1. The Bertz CT molecular complexity index is 643. The zero-order chi connectivity index (χ0) is 16.7. The topological polar surface area (TPSA) is 67.4 Å². The summed E-state index contributed by atoms with van der Waals surface area (Å²) in [5.74, 6) is 0.464. The maximum atomic E-state index is 12.6. The number of rotatable bonds is 7. The van der Waals surface area contributed by atoms with E-state index >= 15 is 0 Å². The first-order valence-corrected chi connectivity index (χ1v) is 7.59. The van der Waals surface area contributed by atoms with Gasteiger partial charge >= 0.3 is 0 Å². The minimum atomic E-state index is -0.158. The summed E-state index contributed by atoms with van der Waals surface area (Å²) in [4.78, 5) is 22.8. The Morgan fingerprint density at radius 3 is 2.74 bits per heavy atom. The number of benzene rings is 1. The van der Waals surface area contributed by atoms with Crippen LogP contribution in [0, 0.1) is 6.92 Å². The normalized spacial score (nSPS) is 10.4. The van der Waals surface area contributed by atoms with E-state index in [9.17, 15) is 4.79 Å². The molecule has 0 unspecified atom stereocenters. The lowest BCUT2D eigenvalue weighted by Gasteiger charge is -2.21. The van der Waals surface area contributed by atoms with Crippen LogP contribution in [0.1, 0.15) is 23.0 Å². The Labute approximate surface area is 136 Å². The Morgan fingerprint density at radius 1 is 1.30 bits per heavy atom. The minimum Gasteiger partial charge on any atom is -0.383 e. The number of carbonyl (C=O) groups excluding carboxylic acids is 1. The molecule has 0 saturated heterocycles. The summed E-state index contributed by atoms with van der Waals surface area (Å²) in [7, 11) is 1.64. The van der Waals surface area contributed by atoms with Crippen molar-refractivity contribution in [3.8, 4) is 0 Å². The van der Waals surface area contributed by atoms with Crippen molar-refractivity contribution in [3.05, 3.63) is 47.9 Å². The molecule has 0 aliphatic heterocycles. The number of aromatic nitrogens is 2. The predicted octanol–water partition coefficient (Wildman–Crippen LogP) is 2.51. The van der Waals surface area contributed by atoms with E-state index in [1.54, 1.807) is 18.2 Å². The van der Waals surface area contributed by atoms with E-state index in [-0.39, 0.29) is 5.91 Å². The van der Waals surface area contributed by atoms with Crippen LogP contribution in [-0.2, 0) is 4.74 Å². The summed E-state index contributed by atoms with van der Waals surface area (Å²) >= 11 is 0. The summed E-state index contributed by atoms with van der Waals surface area (Å²) in [6, 6.07) is 7.84.